The zero-order valence-corrected chi connectivity index (χ0v) is 9.58. The third-order valence-corrected chi connectivity index (χ3v) is 2.42. The molecule has 0 fully saturated rings. The van der Waals surface area contributed by atoms with E-state index in [4.69, 9.17) is 16.3 Å². The first-order valence-electron chi connectivity index (χ1n) is 4.94. The molecule has 1 aliphatic rings. The Hall–Kier alpha value is -0.930. The topological polar surface area (TPSA) is 34.5 Å². The van der Waals surface area contributed by atoms with Crippen molar-refractivity contribution in [2.24, 2.45) is 4.99 Å². The molecule has 1 aliphatic heterocycles. The lowest BCUT2D eigenvalue weighted by atomic mass is 10.1. The zero-order valence-electron chi connectivity index (χ0n) is 8.83. The molecule has 15 heavy (non-hydrogen) atoms. The van der Waals surface area contributed by atoms with E-state index in [1.54, 1.807) is 0 Å². The van der Waals surface area contributed by atoms with Crippen LogP contribution in [0.25, 0.3) is 0 Å². The van der Waals surface area contributed by atoms with Gasteiger partial charge in [0, 0.05) is 11.3 Å². The molecule has 1 aromatic rings. The Kier molecular flexibility index (Phi) is 3.03. The van der Waals surface area contributed by atoms with Crippen LogP contribution in [-0.4, -0.2) is 30.0 Å². The van der Waals surface area contributed by atoms with E-state index in [2.05, 4.69) is 9.98 Å². The van der Waals surface area contributed by atoms with Gasteiger partial charge in [0.25, 0.3) is 0 Å². The highest BCUT2D eigenvalue weighted by Gasteiger charge is 2.13. The summed E-state index contributed by atoms with van der Waals surface area (Å²) in [7, 11) is 0. The smallest absolute Gasteiger partial charge is 0.129 e. The molecule has 1 aromatic heterocycles. The molecule has 2 heterocycles. The van der Waals surface area contributed by atoms with Crippen LogP contribution < -0.4 is 0 Å². The average molecular weight is 225 g/mol. The molecule has 0 spiro atoms. The molecular formula is C11H13ClN2O. The lowest BCUT2D eigenvalue weighted by Crippen LogP contribution is -2.24. The number of hydrogen-bond donors (Lipinski definition) is 0. The van der Waals surface area contributed by atoms with Crippen molar-refractivity contribution in [3.63, 3.8) is 0 Å². The molecule has 0 saturated carbocycles. The summed E-state index contributed by atoms with van der Waals surface area (Å²) in [4.78, 5) is 8.66. The summed E-state index contributed by atoms with van der Waals surface area (Å²) in [5, 5.41) is 0.505. The molecular weight excluding hydrogens is 212 g/mol. The molecule has 4 heteroatoms. The summed E-state index contributed by atoms with van der Waals surface area (Å²) in [6.45, 7) is 5.21. The second-order valence-corrected chi connectivity index (χ2v) is 4.15. The molecule has 0 saturated heterocycles. The minimum atomic E-state index is 0.223. The molecule has 2 rings (SSSR count). The van der Waals surface area contributed by atoms with Gasteiger partial charge in [0.05, 0.1) is 25.0 Å². The van der Waals surface area contributed by atoms with Crippen molar-refractivity contribution in [3.05, 3.63) is 28.5 Å². The van der Waals surface area contributed by atoms with Crippen molar-refractivity contribution < 1.29 is 4.74 Å². The quantitative estimate of drug-likeness (QED) is 0.686. The highest BCUT2D eigenvalue weighted by Crippen LogP contribution is 2.14. The van der Waals surface area contributed by atoms with Gasteiger partial charge in [-0.1, -0.05) is 11.6 Å². The number of nitrogens with zero attached hydrogens (tertiary/aromatic N) is 2. The number of ether oxygens (including phenoxy) is 1. The van der Waals surface area contributed by atoms with Gasteiger partial charge in [0.2, 0.25) is 0 Å². The van der Waals surface area contributed by atoms with Gasteiger partial charge in [-0.3, -0.25) is 4.99 Å². The van der Waals surface area contributed by atoms with E-state index < -0.39 is 0 Å². The number of aliphatic imine (C=N–C) groups is 1. The summed E-state index contributed by atoms with van der Waals surface area (Å²) < 4.78 is 5.43. The number of rotatable bonds is 1. The Bertz CT molecular complexity index is 383. The van der Waals surface area contributed by atoms with E-state index in [0.717, 1.165) is 17.0 Å². The van der Waals surface area contributed by atoms with Gasteiger partial charge in [-0.25, -0.2) is 4.98 Å². The molecule has 3 nitrogen and oxygen atoms in total. The molecule has 1 unspecified atom stereocenters. The zero-order chi connectivity index (χ0) is 10.8. The Morgan fingerprint density at radius 3 is 2.93 bits per heavy atom. The molecule has 0 N–H and O–H groups in total. The summed E-state index contributed by atoms with van der Waals surface area (Å²) in [5.74, 6) is 0. The highest BCUT2D eigenvalue weighted by atomic mass is 35.5. The van der Waals surface area contributed by atoms with Crippen LogP contribution in [0.3, 0.4) is 0 Å². The van der Waals surface area contributed by atoms with Crippen LogP contribution in [0.2, 0.25) is 5.15 Å². The Labute approximate surface area is 94.1 Å². The van der Waals surface area contributed by atoms with Crippen LogP contribution in [0.4, 0.5) is 0 Å². The van der Waals surface area contributed by atoms with Gasteiger partial charge < -0.3 is 4.74 Å². The third-order valence-electron chi connectivity index (χ3n) is 2.23. The van der Waals surface area contributed by atoms with Gasteiger partial charge in [0.1, 0.15) is 5.15 Å². The van der Waals surface area contributed by atoms with Gasteiger partial charge >= 0.3 is 0 Å². The summed E-state index contributed by atoms with van der Waals surface area (Å²) in [6.07, 6.45) is 0. The van der Waals surface area contributed by atoms with E-state index >= 15 is 0 Å². The predicted octanol–water partition coefficient (Wildman–Crippen LogP) is 2.25. The van der Waals surface area contributed by atoms with Crippen LogP contribution in [0.15, 0.2) is 17.1 Å². The van der Waals surface area contributed by atoms with Crippen molar-refractivity contribution in [2.75, 3.05) is 13.2 Å². The molecule has 80 valence electrons. The monoisotopic (exact) mass is 224 g/mol. The van der Waals surface area contributed by atoms with Gasteiger partial charge in [0.15, 0.2) is 0 Å². The number of aryl methyl sites for hydroxylation is 1. The first kappa shape index (κ1) is 10.6. The SMILES string of the molecule is Cc1cc(C2=NC(C)COC2)cc(Cl)n1. The van der Waals surface area contributed by atoms with Crippen LogP contribution in [-0.2, 0) is 4.74 Å². The summed E-state index contributed by atoms with van der Waals surface area (Å²) >= 11 is 5.90. The maximum absolute atomic E-state index is 5.90. The number of hydrogen-bond acceptors (Lipinski definition) is 3. The molecule has 1 atom stereocenters. The molecule has 0 radical (unpaired) electrons. The van der Waals surface area contributed by atoms with Crippen molar-refractivity contribution in [1.82, 2.24) is 4.98 Å². The summed E-state index contributed by atoms with van der Waals surface area (Å²) in [5.41, 5.74) is 2.87. The van der Waals surface area contributed by atoms with Crippen LogP contribution in [0.1, 0.15) is 18.2 Å². The van der Waals surface area contributed by atoms with Crippen LogP contribution >= 0.6 is 11.6 Å². The fourth-order valence-electron chi connectivity index (χ4n) is 1.62. The normalized spacial score (nSPS) is 21.3. The lowest BCUT2D eigenvalue weighted by molar-refractivity contribution is 0.149. The first-order chi connectivity index (χ1) is 7.15. The van der Waals surface area contributed by atoms with Gasteiger partial charge in [-0.2, -0.15) is 0 Å². The van der Waals surface area contributed by atoms with Gasteiger partial charge in [-0.15, -0.1) is 0 Å². The Balaban J connectivity index is 2.36. The maximum atomic E-state index is 5.90. The number of halogens is 1. The van der Waals surface area contributed by atoms with Crippen LogP contribution in [0, 0.1) is 6.92 Å². The standard InChI is InChI=1S/C11H13ClN2O/c1-7-3-9(4-11(12)14-7)10-6-15-5-8(2)13-10/h3-4,8H,5-6H2,1-2H3. The molecule has 0 bridgehead atoms. The third kappa shape index (κ3) is 2.55. The van der Waals surface area contributed by atoms with E-state index in [-0.39, 0.29) is 6.04 Å². The minimum Gasteiger partial charge on any atom is -0.373 e. The predicted molar refractivity (Wildman–Crippen MR) is 60.8 cm³/mol. The number of aromatic nitrogens is 1. The first-order valence-corrected chi connectivity index (χ1v) is 5.32. The number of pyridine rings is 1. The van der Waals surface area contributed by atoms with Crippen LogP contribution in [0.5, 0.6) is 0 Å². The largest absolute Gasteiger partial charge is 0.373 e. The Morgan fingerprint density at radius 2 is 2.27 bits per heavy atom. The van der Waals surface area contributed by atoms with E-state index in [0.29, 0.717) is 18.4 Å². The van der Waals surface area contributed by atoms with Crippen molar-refractivity contribution in [3.8, 4) is 0 Å². The minimum absolute atomic E-state index is 0.223. The maximum Gasteiger partial charge on any atom is 0.129 e. The van der Waals surface area contributed by atoms with Crippen molar-refractivity contribution in [2.45, 2.75) is 19.9 Å². The second-order valence-electron chi connectivity index (χ2n) is 3.76. The van der Waals surface area contributed by atoms with E-state index in [1.165, 1.54) is 0 Å². The highest BCUT2D eigenvalue weighted by molar-refractivity contribution is 6.29. The average Bonchev–Trinajstić information content (AvgIpc) is 2.16. The fraction of sp³-hybridized carbons (Fsp3) is 0.455. The van der Waals surface area contributed by atoms with Crippen molar-refractivity contribution in [1.29, 1.82) is 0 Å². The molecule has 0 aromatic carbocycles. The Morgan fingerprint density at radius 1 is 1.47 bits per heavy atom. The lowest BCUT2D eigenvalue weighted by Gasteiger charge is -2.18. The summed E-state index contributed by atoms with van der Waals surface area (Å²) in [6, 6.07) is 4.03. The second kappa shape index (κ2) is 4.29. The van der Waals surface area contributed by atoms with Gasteiger partial charge in [-0.05, 0) is 26.0 Å². The molecule has 0 aliphatic carbocycles. The van der Waals surface area contributed by atoms with E-state index in [1.807, 2.05) is 26.0 Å². The van der Waals surface area contributed by atoms with E-state index in [9.17, 15) is 0 Å². The van der Waals surface area contributed by atoms with Crippen molar-refractivity contribution >= 4 is 17.3 Å². The fourth-order valence-corrected chi connectivity index (χ4v) is 1.87. The molecule has 0 amide bonds.